The lowest BCUT2D eigenvalue weighted by Crippen LogP contribution is -1.75. The molecule has 0 aliphatic heterocycles. The smallest absolute Gasteiger partial charge is 0.137 e. The highest BCUT2D eigenvalue weighted by Gasteiger charge is 2.12. The molecule has 1 nitrogen and oxygen atoms in total. The van der Waals surface area contributed by atoms with Gasteiger partial charge in [0, 0.05) is 25.4 Å². The second-order valence-electron chi connectivity index (χ2n) is 4.56. The minimum absolute atomic E-state index is 0.709. The van der Waals surface area contributed by atoms with Crippen LogP contribution in [0.4, 0.5) is 0 Å². The fraction of sp³-hybridized carbons (Fsp3) is 0. The third-order valence-electron chi connectivity index (χ3n) is 3.36. The van der Waals surface area contributed by atoms with Gasteiger partial charge in [0.05, 0.1) is 0 Å². The Hall–Kier alpha value is -1.26. The summed E-state index contributed by atoms with van der Waals surface area (Å²) in [4.78, 5) is 0. The molecule has 0 aliphatic rings. The predicted molar refractivity (Wildman–Crippen MR) is 89.0 cm³/mol. The van der Waals surface area contributed by atoms with Crippen LogP contribution in [-0.2, 0) is 0 Å². The van der Waals surface area contributed by atoms with Crippen molar-refractivity contribution in [1.29, 1.82) is 0 Å². The number of fused-ring (bicyclic) bond motifs is 4. The molecule has 0 amide bonds. The summed E-state index contributed by atoms with van der Waals surface area (Å²) in [5.41, 5.74) is 1.76. The Balaban J connectivity index is 2.26. The Morgan fingerprint density at radius 2 is 1.63 bits per heavy atom. The summed E-state index contributed by atoms with van der Waals surface area (Å²) in [7, 11) is 0. The number of hydrogen-bond acceptors (Lipinski definition) is 1. The minimum Gasteiger partial charge on any atom is -0.456 e. The second-order valence-corrected chi connectivity index (χ2v) is 6.16. The fourth-order valence-corrected chi connectivity index (χ4v) is 3.79. The first-order valence-electron chi connectivity index (χ1n) is 5.92. The van der Waals surface area contributed by atoms with Gasteiger partial charge in [-0.2, -0.15) is 0 Å². The lowest BCUT2D eigenvalue weighted by Gasteiger charge is -1.98. The number of furan rings is 1. The summed E-state index contributed by atoms with van der Waals surface area (Å²) in [6.07, 6.45) is 0. The molecule has 0 bridgehead atoms. The van der Waals surface area contributed by atoms with Crippen molar-refractivity contribution in [2.24, 2.45) is 0 Å². The molecule has 1 heterocycles. The zero-order chi connectivity index (χ0) is 13.0. The molecule has 0 N–H and O–H groups in total. The molecular formula is C16H8ClIO. The summed E-state index contributed by atoms with van der Waals surface area (Å²) in [5, 5.41) is 5.42. The quantitative estimate of drug-likeness (QED) is 0.342. The van der Waals surface area contributed by atoms with E-state index in [4.69, 9.17) is 16.0 Å². The van der Waals surface area contributed by atoms with Crippen molar-refractivity contribution in [3.8, 4) is 0 Å². The van der Waals surface area contributed by atoms with Gasteiger partial charge in [0.1, 0.15) is 11.2 Å². The highest BCUT2D eigenvalue weighted by molar-refractivity contribution is 14.1. The van der Waals surface area contributed by atoms with E-state index in [0.29, 0.717) is 5.02 Å². The molecule has 4 rings (SSSR count). The normalized spacial score (nSPS) is 11.7. The molecule has 0 fully saturated rings. The lowest BCUT2D eigenvalue weighted by molar-refractivity contribution is 0.669. The molecule has 3 aromatic carbocycles. The van der Waals surface area contributed by atoms with Gasteiger partial charge in [-0.3, -0.25) is 0 Å². The Bertz CT molecular complexity index is 940. The van der Waals surface area contributed by atoms with Crippen LogP contribution < -0.4 is 0 Å². The largest absolute Gasteiger partial charge is 0.456 e. The zero-order valence-corrected chi connectivity index (χ0v) is 12.7. The molecule has 0 unspecified atom stereocenters. The van der Waals surface area contributed by atoms with Crippen molar-refractivity contribution in [1.82, 2.24) is 0 Å². The summed E-state index contributed by atoms with van der Waals surface area (Å²) in [5.74, 6) is 0. The van der Waals surface area contributed by atoms with Crippen LogP contribution in [0.5, 0.6) is 0 Å². The molecule has 4 aromatic rings. The van der Waals surface area contributed by atoms with Crippen LogP contribution in [0.3, 0.4) is 0 Å². The van der Waals surface area contributed by atoms with E-state index >= 15 is 0 Å². The van der Waals surface area contributed by atoms with Crippen molar-refractivity contribution in [2.75, 3.05) is 0 Å². The van der Waals surface area contributed by atoms with Gasteiger partial charge < -0.3 is 4.42 Å². The number of hydrogen-bond donors (Lipinski definition) is 0. The molecule has 0 radical (unpaired) electrons. The average Bonchev–Trinajstić information content (AvgIpc) is 2.72. The van der Waals surface area contributed by atoms with Gasteiger partial charge in [0.2, 0.25) is 0 Å². The molecule has 0 saturated carbocycles. The standard InChI is InChI=1S/C16H8ClIO/c17-11-7-13(18)16-12-5-9-3-1-2-4-10(9)6-14(12)19-15(16)8-11/h1-8H. The van der Waals surface area contributed by atoms with E-state index in [-0.39, 0.29) is 0 Å². The van der Waals surface area contributed by atoms with Crippen molar-refractivity contribution in [2.45, 2.75) is 0 Å². The maximum atomic E-state index is 6.09. The molecule has 0 saturated heterocycles. The highest BCUT2D eigenvalue weighted by Crippen LogP contribution is 2.36. The fourth-order valence-electron chi connectivity index (χ4n) is 2.51. The van der Waals surface area contributed by atoms with E-state index in [0.717, 1.165) is 25.5 Å². The van der Waals surface area contributed by atoms with Crippen LogP contribution >= 0.6 is 34.2 Å². The Labute approximate surface area is 128 Å². The van der Waals surface area contributed by atoms with Gasteiger partial charge >= 0.3 is 0 Å². The lowest BCUT2D eigenvalue weighted by atomic mass is 10.1. The zero-order valence-electron chi connectivity index (χ0n) is 9.78. The van der Waals surface area contributed by atoms with Crippen LogP contribution in [0.25, 0.3) is 32.7 Å². The summed E-state index contributed by atoms with van der Waals surface area (Å²) >= 11 is 8.40. The third kappa shape index (κ3) is 1.74. The summed E-state index contributed by atoms with van der Waals surface area (Å²) < 4.78 is 7.05. The van der Waals surface area contributed by atoms with Gasteiger partial charge in [0.25, 0.3) is 0 Å². The Kier molecular flexibility index (Phi) is 2.50. The van der Waals surface area contributed by atoms with E-state index < -0.39 is 0 Å². The van der Waals surface area contributed by atoms with Crippen LogP contribution in [0.15, 0.2) is 52.9 Å². The molecule has 0 spiro atoms. The molecule has 0 atom stereocenters. The third-order valence-corrected chi connectivity index (χ3v) is 4.42. The van der Waals surface area contributed by atoms with E-state index in [1.54, 1.807) is 0 Å². The van der Waals surface area contributed by atoms with Crippen LogP contribution in [0.1, 0.15) is 0 Å². The van der Waals surface area contributed by atoms with Crippen LogP contribution in [0, 0.1) is 3.57 Å². The van der Waals surface area contributed by atoms with E-state index in [1.807, 2.05) is 18.2 Å². The molecule has 0 aliphatic carbocycles. The van der Waals surface area contributed by atoms with Gasteiger partial charge in [0.15, 0.2) is 0 Å². The van der Waals surface area contributed by atoms with Crippen molar-refractivity contribution < 1.29 is 4.42 Å². The van der Waals surface area contributed by atoms with Gasteiger partial charge in [-0.15, -0.1) is 0 Å². The number of rotatable bonds is 0. The maximum absolute atomic E-state index is 6.09. The van der Waals surface area contributed by atoms with Crippen molar-refractivity contribution >= 4 is 66.9 Å². The van der Waals surface area contributed by atoms with Crippen LogP contribution in [-0.4, -0.2) is 0 Å². The topological polar surface area (TPSA) is 13.1 Å². The minimum atomic E-state index is 0.709. The first-order chi connectivity index (χ1) is 9.22. The van der Waals surface area contributed by atoms with Crippen molar-refractivity contribution in [3.63, 3.8) is 0 Å². The number of halogens is 2. The average molecular weight is 379 g/mol. The monoisotopic (exact) mass is 378 g/mol. The summed E-state index contributed by atoms with van der Waals surface area (Å²) in [6, 6.07) is 16.4. The molecular weight excluding hydrogens is 371 g/mol. The highest BCUT2D eigenvalue weighted by atomic mass is 127. The second kappa shape index (κ2) is 4.12. The SMILES string of the molecule is Clc1cc(I)c2c(c1)oc1cc3ccccc3cc12. The first-order valence-corrected chi connectivity index (χ1v) is 7.38. The summed E-state index contributed by atoms with van der Waals surface area (Å²) in [6.45, 7) is 0. The van der Waals surface area contributed by atoms with E-state index in [9.17, 15) is 0 Å². The van der Waals surface area contributed by atoms with E-state index in [1.165, 1.54) is 10.8 Å². The molecule has 1 aromatic heterocycles. The Morgan fingerprint density at radius 3 is 2.42 bits per heavy atom. The Morgan fingerprint density at radius 1 is 0.895 bits per heavy atom. The molecule has 92 valence electrons. The van der Waals surface area contributed by atoms with Gasteiger partial charge in [-0.1, -0.05) is 35.9 Å². The van der Waals surface area contributed by atoms with Crippen molar-refractivity contribution in [3.05, 3.63) is 57.1 Å². The predicted octanol–water partition coefficient (Wildman–Crippen LogP) is 6.00. The maximum Gasteiger partial charge on any atom is 0.137 e. The van der Waals surface area contributed by atoms with E-state index in [2.05, 4.69) is 52.9 Å². The van der Waals surface area contributed by atoms with Crippen LogP contribution in [0.2, 0.25) is 5.02 Å². The van der Waals surface area contributed by atoms with Gasteiger partial charge in [-0.25, -0.2) is 0 Å². The van der Waals surface area contributed by atoms with Gasteiger partial charge in [-0.05, 0) is 51.6 Å². The molecule has 3 heteroatoms. The molecule has 19 heavy (non-hydrogen) atoms. The number of benzene rings is 3. The first kappa shape index (κ1) is 11.6.